The number of alkyl halides is 6. The lowest BCUT2D eigenvalue weighted by Gasteiger charge is -2.34. The van der Waals surface area contributed by atoms with Crippen LogP contribution in [0.5, 0.6) is 5.75 Å². The molecule has 0 spiro atoms. The maximum Gasteiger partial charge on any atom is 0.447 e. The molecule has 15 heteroatoms. The van der Waals surface area contributed by atoms with Crippen LogP contribution in [0.1, 0.15) is 36.7 Å². The van der Waals surface area contributed by atoms with Gasteiger partial charge in [-0.1, -0.05) is 24.3 Å². The predicted octanol–water partition coefficient (Wildman–Crippen LogP) is 6.10. The summed E-state index contributed by atoms with van der Waals surface area (Å²) < 4.78 is 92.4. The third-order valence-corrected chi connectivity index (χ3v) is 7.64. The molecule has 45 heavy (non-hydrogen) atoms. The second-order valence-electron chi connectivity index (χ2n) is 10.8. The molecule has 0 N–H and O–H groups in total. The van der Waals surface area contributed by atoms with Crippen LogP contribution in [-0.2, 0) is 18.8 Å². The van der Waals surface area contributed by atoms with Gasteiger partial charge in [0.25, 0.3) is 0 Å². The number of halogens is 6. The minimum atomic E-state index is -4.78. The molecule has 0 aliphatic carbocycles. The van der Waals surface area contributed by atoms with Crippen molar-refractivity contribution in [2.75, 3.05) is 18.6 Å². The highest BCUT2D eigenvalue weighted by molar-refractivity contribution is 5.95. The lowest BCUT2D eigenvalue weighted by atomic mass is 9.99. The fourth-order valence-corrected chi connectivity index (χ4v) is 5.36. The van der Waals surface area contributed by atoms with Crippen molar-refractivity contribution in [2.24, 2.45) is 0 Å². The molecule has 2 amide bonds. The summed E-state index contributed by atoms with van der Waals surface area (Å²) in [5.41, 5.74) is -4.75. The van der Waals surface area contributed by atoms with Gasteiger partial charge in [0, 0.05) is 12.2 Å². The fraction of sp³-hybridized carbons (Fsp3) is 0.300. The molecule has 1 atom stereocenters. The Balaban J connectivity index is 1.63. The molecule has 1 aliphatic rings. The minimum absolute atomic E-state index is 0.0391. The molecule has 1 fully saturated rings. The molecule has 0 saturated carbocycles. The molecule has 0 bridgehead atoms. The Morgan fingerprint density at radius 2 is 1.38 bits per heavy atom. The van der Waals surface area contributed by atoms with Gasteiger partial charge in [-0.3, -0.25) is 4.90 Å². The molecule has 1 saturated heterocycles. The number of nitrogens with zero attached hydrogens (tertiary/aromatic N) is 4. The van der Waals surface area contributed by atoms with Crippen molar-refractivity contribution in [3.8, 4) is 11.4 Å². The van der Waals surface area contributed by atoms with Crippen molar-refractivity contribution in [1.82, 2.24) is 14.2 Å². The van der Waals surface area contributed by atoms with E-state index in [2.05, 4.69) is 0 Å². The first-order valence-electron chi connectivity index (χ1n) is 13.5. The van der Waals surface area contributed by atoms with Crippen LogP contribution in [-0.4, -0.2) is 39.4 Å². The minimum Gasteiger partial charge on any atom is -0.497 e. The zero-order chi connectivity index (χ0) is 32.9. The van der Waals surface area contributed by atoms with Gasteiger partial charge in [-0.2, -0.15) is 30.9 Å². The fourth-order valence-electron chi connectivity index (χ4n) is 5.36. The van der Waals surface area contributed by atoms with Crippen LogP contribution >= 0.6 is 0 Å². The van der Waals surface area contributed by atoms with Gasteiger partial charge in [0.05, 0.1) is 29.5 Å². The Kier molecular flexibility index (Phi) is 7.83. The largest absolute Gasteiger partial charge is 0.497 e. The second-order valence-corrected chi connectivity index (χ2v) is 10.8. The first kappa shape index (κ1) is 31.5. The molecule has 4 aromatic rings. The topological polar surface area (TPSA) is 89.9 Å². The molecule has 0 unspecified atom stereocenters. The van der Waals surface area contributed by atoms with Gasteiger partial charge in [-0.15, -0.1) is 4.74 Å². The van der Waals surface area contributed by atoms with E-state index in [4.69, 9.17) is 9.26 Å². The standard InChI is InChI=1S/C30H26F6N4O5/c1-28(2)24(40-26(42)39(27(43)45-40)22-9-5-7-20(17-22)30(34,35)36)38(21-8-4-6-19(16-21)29(31,32)33)25(41)37(28)15-14-18-10-12-23(44-3)13-11-18/h4-13,16-17,24H,14-15H2,1-3H3/t24-/m0/s1. The number of anilines is 1. The highest BCUT2D eigenvalue weighted by Crippen LogP contribution is 2.43. The Bertz CT molecular complexity index is 1840. The molecular weight excluding hydrogens is 610 g/mol. The molecule has 9 nitrogen and oxygen atoms in total. The molecule has 0 radical (unpaired) electrons. The van der Waals surface area contributed by atoms with Crippen molar-refractivity contribution in [3.05, 3.63) is 111 Å². The van der Waals surface area contributed by atoms with Crippen LogP contribution in [0.15, 0.2) is 86.9 Å². The molecule has 2 heterocycles. The number of methoxy groups -OCH3 is 1. The number of hydrogen-bond donors (Lipinski definition) is 0. The number of rotatable bonds is 7. The zero-order valence-electron chi connectivity index (χ0n) is 24.0. The Morgan fingerprint density at radius 1 is 0.822 bits per heavy atom. The van der Waals surface area contributed by atoms with Gasteiger partial charge in [0.15, 0.2) is 6.17 Å². The number of hydrogen-bond acceptors (Lipinski definition) is 5. The van der Waals surface area contributed by atoms with E-state index in [1.807, 2.05) is 0 Å². The Morgan fingerprint density at radius 3 is 1.93 bits per heavy atom. The molecule has 238 valence electrons. The van der Waals surface area contributed by atoms with Crippen LogP contribution in [0.4, 0.5) is 36.8 Å². The van der Waals surface area contributed by atoms with Gasteiger partial charge in [0.1, 0.15) is 5.75 Å². The summed E-state index contributed by atoms with van der Waals surface area (Å²) in [5, 5.41) is 0. The maximum absolute atomic E-state index is 14.0. The number of amides is 2. The van der Waals surface area contributed by atoms with E-state index < -0.39 is 58.3 Å². The van der Waals surface area contributed by atoms with E-state index in [1.165, 1.54) is 31.9 Å². The van der Waals surface area contributed by atoms with E-state index in [0.717, 1.165) is 46.9 Å². The second kappa shape index (κ2) is 11.2. The summed E-state index contributed by atoms with van der Waals surface area (Å²) in [6.07, 6.45) is -10.8. The number of carbonyl (C=O) groups excluding carboxylic acids is 1. The average molecular weight is 637 g/mol. The predicted molar refractivity (Wildman–Crippen MR) is 149 cm³/mol. The van der Waals surface area contributed by atoms with Crippen LogP contribution < -0.4 is 21.1 Å². The lowest BCUT2D eigenvalue weighted by molar-refractivity contribution is -0.138. The third-order valence-electron chi connectivity index (χ3n) is 7.64. The van der Waals surface area contributed by atoms with Gasteiger partial charge in [-0.05, 0) is 74.4 Å². The zero-order valence-corrected chi connectivity index (χ0v) is 24.0. The van der Waals surface area contributed by atoms with E-state index >= 15 is 0 Å². The summed E-state index contributed by atoms with van der Waals surface area (Å²) in [5.74, 6) is -0.755. The third kappa shape index (κ3) is 5.81. The van der Waals surface area contributed by atoms with Gasteiger partial charge < -0.3 is 14.2 Å². The van der Waals surface area contributed by atoms with Crippen molar-refractivity contribution in [2.45, 2.75) is 44.3 Å². The highest BCUT2D eigenvalue weighted by atomic mass is 19.4. The van der Waals surface area contributed by atoms with E-state index in [-0.39, 0.29) is 12.2 Å². The molecule has 1 aromatic heterocycles. The van der Waals surface area contributed by atoms with E-state index in [1.54, 1.807) is 24.3 Å². The van der Waals surface area contributed by atoms with Crippen LogP contribution in [0.2, 0.25) is 0 Å². The van der Waals surface area contributed by atoms with Crippen molar-refractivity contribution >= 4 is 11.7 Å². The highest BCUT2D eigenvalue weighted by Gasteiger charge is 2.55. The average Bonchev–Trinajstić information content (AvgIpc) is 3.37. The number of urea groups is 1. The summed E-state index contributed by atoms with van der Waals surface area (Å²) in [6.45, 7) is 3.11. The summed E-state index contributed by atoms with van der Waals surface area (Å²) in [4.78, 5) is 42.9. The summed E-state index contributed by atoms with van der Waals surface area (Å²) in [7, 11) is 1.50. The Labute approximate surface area is 251 Å². The number of benzene rings is 3. The quantitative estimate of drug-likeness (QED) is 0.229. The van der Waals surface area contributed by atoms with Crippen molar-refractivity contribution < 1.29 is 40.4 Å². The van der Waals surface area contributed by atoms with Gasteiger partial charge in [0.2, 0.25) is 0 Å². The van der Waals surface area contributed by atoms with Gasteiger partial charge >= 0.3 is 29.8 Å². The normalized spacial score (nSPS) is 16.8. The SMILES string of the molecule is COc1ccc(CCN2C(=O)N(c3cccc(C(F)(F)F)c3)[C@@H](n3oc(=O)n(-c4cccc(C(F)(F)F)c4)c3=O)C2(C)C)cc1. The Hall–Kier alpha value is -4.95. The first-order valence-corrected chi connectivity index (χ1v) is 13.5. The molecule has 5 rings (SSSR count). The monoisotopic (exact) mass is 636 g/mol. The van der Waals surface area contributed by atoms with Crippen molar-refractivity contribution in [3.63, 3.8) is 0 Å². The van der Waals surface area contributed by atoms with Crippen LogP contribution in [0.3, 0.4) is 0 Å². The number of ether oxygens (including phenoxy) is 1. The molecular formula is C30H26F6N4O5. The van der Waals surface area contributed by atoms with E-state index in [9.17, 15) is 40.7 Å². The van der Waals surface area contributed by atoms with Crippen LogP contribution in [0, 0.1) is 0 Å². The molecule has 3 aromatic carbocycles. The summed E-state index contributed by atoms with van der Waals surface area (Å²) >= 11 is 0. The maximum atomic E-state index is 14.0. The lowest BCUT2D eigenvalue weighted by Crippen LogP contribution is -2.47. The van der Waals surface area contributed by atoms with Crippen LogP contribution in [0.25, 0.3) is 5.69 Å². The van der Waals surface area contributed by atoms with E-state index in [0.29, 0.717) is 27.5 Å². The van der Waals surface area contributed by atoms with Crippen molar-refractivity contribution in [1.29, 1.82) is 0 Å². The smallest absolute Gasteiger partial charge is 0.447 e. The molecule has 1 aliphatic heterocycles. The number of carbonyl (C=O) groups is 1. The summed E-state index contributed by atoms with van der Waals surface area (Å²) in [6, 6.07) is 13.5. The first-order chi connectivity index (χ1) is 21.0. The van der Waals surface area contributed by atoms with Gasteiger partial charge in [-0.25, -0.2) is 14.4 Å². The number of aromatic nitrogens is 2.